The molecule has 0 aromatic rings. The molecule has 1 N–H and O–H groups in total. The van der Waals surface area contributed by atoms with Crippen molar-refractivity contribution in [1.29, 1.82) is 0 Å². The van der Waals surface area contributed by atoms with Crippen molar-refractivity contribution in [2.24, 2.45) is 0 Å². The van der Waals surface area contributed by atoms with Crippen LogP contribution >= 0.6 is 0 Å². The molecule has 0 fully saturated rings. The SMILES string of the molecule is C=C(C)C(=O)NC(C)(C)COC(=O)C(=C)C.CC.CC. The van der Waals surface area contributed by atoms with Crippen LogP contribution in [0.25, 0.3) is 0 Å². The second-order valence-electron chi connectivity index (χ2n) is 4.47. The Hall–Kier alpha value is -1.58. The summed E-state index contributed by atoms with van der Waals surface area (Å²) >= 11 is 0. The van der Waals surface area contributed by atoms with Crippen LogP contribution in [0.1, 0.15) is 55.4 Å². The average molecular weight is 285 g/mol. The summed E-state index contributed by atoms with van der Waals surface area (Å²) in [6, 6.07) is 0. The summed E-state index contributed by atoms with van der Waals surface area (Å²) in [5.41, 5.74) is 0.127. The van der Waals surface area contributed by atoms with E-state index in [0.717, 1.165) is 0 Å². The zero-order valence-corrected chi connectivity index (χ0v) is 14.3. The van der Waals surface area contributed by atoms with Gasteiger partial charge in [0.1, 0.15) is 6.61 Å². The number of amides is 1. The minimum atomic E-state index is -0.624. The number of carbonyl (C=O) groups excluding carboxylic acids is 2. The van der Waals surface area contributed by atoms with E-state index in [4.69, 9.17) is 4.74 Å². The molecule has 20 heavy (non-hydrogen) atoms. The van der Waals surface area contributed by atoms with Gasteiger partial charge in [0, 0.05) is 11.1 Å². The number of nitrogens with one attached hydrogen (secondary N) is 1. The first kappa shape index (κ1) is 23.5. The van der Waals surface area contributed by atoms with Gasteiger partial charge >= 0.3 is 5.97 Å². The summed E-state index contributed by atoms with van der Waals surface area (Å²) in [6.07, 6.45) is 0. The van der Waals surface area contributed by atoms with Crippen LogP contribution in [0.4, 0.5) is 0 Å². The maximum atomic E-state index is 11.4. The Bertz CT molecular complexity index is 331. The Labute approximate surface area is 124 Å². The Morgan fingerprint density at radius 3 is 1.70 bits per heavy atom. The van der Waals surface area contributed by atoms with Crippen molar-refractivity contribution in [3.05, 3.63) is 24.3 Å². The maximum Gasteiger partial charge on any atom is 0.333 e. The fourth-order valence-corrected chi connectivity index (χ4v) is 0.819. The molecule has 0 rings (SSSR count). The van der Waals surface area contributed by atoms with Crippen LogP contribution in [0.2, 0.25) is 0 Å². The lowest BCUT2D eigenvalue weighted by molar-refractivity contribution is -0.141. The topological polar surface area (TPSA) is 55.4 Å². The zero-order valence-electron chi connectivity index (χ0n) is 14.3. The molecule has 0 saturated carbocycles. The van der Waals surface area contributed by atoms with Gasteiger partial charge in [-0.15, -0.1) is 0 Å². The zero-order chi connectivity index (χ0) is 16.9. The number of hydrogen-bond donors (Lipinski definition) is 1. The van der Waals surface area contributed by atoms with Crippen molar-refractivity contribution in [2.75, 3.05) is 6.61 Å². The van der Waals surface area contributed by atoms with Gasteiger partial charge in [-0.25, -0.2) is 4.79 Å². The minimum absolute atomic E-state index is 0.0950. The van der Waals surface area contributed by atoms with Gasteiger partial charge in [0.15, 0.2) is 0 Å². The first-order chi connectivity index (χ1) is 9.15. The second-order valence-corrected chi connectivity index (χ2v) is 4.47. The highest BCUT2D eigenvalue weighted by Gasteiger charge is 2.22. The molecule has 0 heterocycles. The molecular weight excluding hydrogens is 254 g/mol. The van der Waals surface area contributed by atoms with Crippen molar-refractivity contribution in [1.82, 2.24) is 5.32 Å². The molecule has 4 heteroatoms. The van der Waals surface area contributed by atoms with Crippen molar-refractivity contribution < 1.29 is 14.3 Å². The molecule has 4 nitrogen and oxygen atoms in total. The van der Waals surface area contributed by atoms with Gasteiger partial charge in [0.25, 0.3) is 0 Å². The average Bonchev–Trinajstić information content (AvgIpc) is 2.40. The largest absolute Gasteiger partial charge is 0.460 e. The summed E-state index contributed by atoms with van der Waals surface area (Å²) < 4.78 is 4.97. The summed E-state index contributed by atoms with van der Waals surface area (Å²) in [4.78, 5) is 22.5. The monoisotopic (exact) mass is 285 g/mol. The number of rotatable bonds is 5. The van der Waals surface area contributed by atoms with Crippen molar-refractivity contribution in [3.63, 3.8) is 0 Å². The number of hydrogen-bond acceptors (Lipinski definition) is 3. The van der Waals surface area contributed by atoms with E-state index in [0.29, 0.717) is 11.1 Å². The molecule has 1 amide bonds. The fourth-order valence-electron chi connectivity index (χ4n) is 0.819. The van der Waals surface area contributed by atoms with Crippen LogP contribution in [-0.2, 0) is 14.3 Å². The summed E-state index contributed by atoms with van der Waals surface area (Å²) in [5.74, 6) is -0.714. The molecular formula is C16H31NO3. The van der Waals surface area contributed by atoms with Gasteiger partial charge in [0.2, 0.25) is 5.91 Å². The van der Waals surface area contributed by atoms with Crippen LogP contribution in [0.15, 0.2) is 24.3 Å². The first-order valence-corrected chi connectivity index (χ1v) is 6.96. The highest BCUT2D eigenvalue weighted by atomic mass is 16.5. The van der Waals surface area contributed by atoms with E-state index in [1.807, 2.05) is 27.7 Å². The Morgan fingerprint density at radius 1 is 1.00 bits per heavy atom. The first-order valence-electron chi connectivity index (χ1n) is 6.96. The van der Waals surface area contributed by atoms with Gasteiger partial charge in [-0.2, -0.15) is 0 Å². The molecule has 0 aliphatic carbocycles. The Balaban J connectivity index is -0.000000656. The molecule has 0 spiro atoms. The molecule has 0 aliphatic heterocycles. The molecule has 0 aromatic carbocycles. The van der Waals surface area contributed by atoms with E-state index >= 15 is 0 Å². The van der Waals surface area contributed by atoms with Gasteiger partial charge in [-0.1, -0.05) is 40.9 Å². The van der Waals surface area contributed by atoms with E-state index < -0.39 is 11.5 Å². The predicted molar refractivity (Wildman–Crippen MR) is 85.5 cm³/mol. The Morgan fingerprint density at radius 2 is 1.40 bits per heavy atom. The van der Waals surface area contributed by atoms with Gasteiger partial charge in [-0.3, -0.25) is 4.79 Å². The standard InChI is InChI=1S/C12H19NO3.2C2H6/c1-8(2)10(14)13-12(5,6)7-16-11(15)9(3)4;2*1-2/h1,3,7H2,2,4-6H3,(H,13,14);2*1-2H3. The van der Waals surface area contributed by atoms with Crippen molar-refractivity contribution in [2.45, 2.75) is 60.9 Å². The van der Waals surface area contributed by atoms with Gasteiger partial charge in [0.05, 0.1) is 5.54 Å². The van der Waals surface area contributed by atoms with E-state index in [9.17, 15) is 9.59 Å². The summed E-state index contributed by atoms with van der Waals surface area (Å²) in [7, 11) is 0. The molecule has 118 valence electrons. The molecule has 0 aliphatic rings. The number of esters is 1. The van der Waals surface area contributed by atoms with Gasteiger partial charge in [-0.05, 0) is 27.7 Å². The fraction of sp³-hybridized carbons (Fsp3) is 0.625. The second kappa shape index (κ2) is 12.5. The van der Waals surface area contributed by atoms with E-state index in [2.05, 4.69) is 18.5 Å². The molecule has 0 saturated heterocycles. The Kier molecular flexibility index (Phi) is 14.6. The smallest absolute Gasteiger partial charge is 0.333 e. The molecule has 0 atom stereocenters. The van der Waals surface area contributed by atoms with Crippen LogP contribution < -0.4 is 5.32 Å². The third-order valence-corrected chi connectivity index (χ3v) is 1.75. The lowest BCUT2D eigenvalue weighted by Crippen LogP contribution is -2.47. The molecule has 0 unspecified atom stereocenters. The highest BCUT2D eigenvalue weighted by molar-refractivity contribution is 5.92. The third kappa shape index (κ3) is 12.9. The molecule has 0 bridgehead atoms. The number of carbonyl (C=O) groups is 2. The van der Waals surface area contributed by atoms with Crippen LogP contribution in [-0.4, -0.2) is 24.0 Å². The molecule has 0 aromatic heterocycles. The van der Waals surface area contributed by atoms with E-state index in [-0.39, 0.29) is 12.5 Å². The predicted octanol–water partition coefficient (Wildman–Crippen LogP) is 3.63. The minimum Gasteiger partial charge on any atom is -0.460 e. The lowest BCUT2D eigenvalue weighted by atomic mass is 10.1. The van der Waals surface area contributed by atoms with E-state index in [1.165, 1.54) is 0 Å². The normalized spacial score (nSPS) is 9.00. The molecule has 0 radical (unpaired) electrons. The van der Waals surface area contributed by atoms with Crippen LogP contribution in [0, 0.1) is 0 Å². The number of ether oxygens (including phenoxy) is 1. The highest BCUT2D eigenvalue weighted by Crippen LogP contribution is 2.06. The van der Waals surface area contributed by atoms with Crippen molar-refractivity contribution >= 4 is 11.9 Å². The third-order valence-electron chi connectivity index (χ3n) is 1.75. The maximum absolute atomic E-state index is 11.4. The van der Waals surface area contributed by atoms with Crippen molar-refractivity contribution in [3.8, 4) is 0 Å². The van der Waals surface area contributed by atoms with E-state index in [1.54, 1.807) is 27.7 Å². The quantitative estimate of drug-likeness (QED) is 0.620. The van der Waals surface area contributed by atoms with Crippen LogP contribution in [0.3, 0.4) is 0 Å². The van der Waals surface area contributed by atoms with Crippen LogP contribution in [0.5, 0.6) is 0 Å². The lowest BCUT2D eigenvalue weighted by Gasteiger charge is -2.25. The van der Waals surface area contributed by atoms with Gasteiger partial charge < -0.3 is 10.1 Å². The summed E-state index contributed by atoms with van der Waals surface area (Å²) in [6.45, 7) is 21.8. The summed E-state index contributed by atoms with van der Waals surface area (Å²) in [5, 5.41) is 2.70.